The molecule has 1 amide bonds. The normalized spacial score (nSPS) is 18.2. The molecule has 1 aromatic heterocycles. The Hall–Kier alpha value is -2.25. The molecule has 0 spiro atoms. The molecule has 1 saturated heterocycles. The van der Waals surface area contributed by atoms with E-state index in [1.807, 2.05) is 25.1 Å². The number of carbonyl (C=O) groups excluding carboxylic acids is 1. The third kappa shape index (κ3) is 3.11. The number of hydrogen-bond donors (Lipinski definition) is 1. The summed E-state index contributed by atoms with van der Waals surface area (Å²) in [5.74, 6) is -0.175. The molecule has 2 aromatic rings. The minimum Gasteiger partial charge on any atom is -0.392 e. The van der Waals surface area contributed by atoms with E-state index in [4.69, 9.17) is 4.74 Å². The van der Waals surface area contributed by atoms with E-state index in [1.165, 1.54) is 4.80 Å². The zero-order valence-corrected chi connectivity index (χ0v) is 13.1. The van der Waals surface area contributed by atoms with Gasteiger partial charge in [0.05, 0.1) is 36.9 Å². The predicted octanol–water partition coefficient (Wildman–Crippen LogP) is 1.01. The van der Waals surface area contributed by atoms with Gasteiger partial charge in [0, 0.05) is 6.54 Å². The van der Waals surface area contributed by atoms with Gasteiger partial charge in [-0.1, -0.05) is 13.0 Å². The Morgan fingerprint density at radius 3 is 2.87 bits per heavy atom. The quantitative estimate of drug-likeness (QED) is 0.910. The van der Waals surface area contributed by atoms with Crippen molar-refractivity contribution in [3.63, 3.8) is 0 Å². The summed E-state index contributed by atoms with van der Waals surface area (Å²) >= 11 is 0. The number of hydrogen-bond acceptors (Lipinski definition) is 5. The van der Waals surface area contributed by atoms with E-state index in [2.05, 4.69) is 10.2 Å². The average Bonchev–Trinajstić information content (AvgIpc) is 3.15. The third-order valence-corrected chi connectivity index (χ3v) is 3.95. The smallest absolute Gasteiger partial charge is 0.258 e. The van der Waals surface area contributed by atoms with Gasteiger partial charge >= 0.3 is 0 Å². The molecule has 0 bridgehead atoms. The van der Waals surface area contributed by atoms with Crippen LogP contribution in [-0.2, 0) is 11.2 Å². The van der Waals surface area contributed by atoms with Crippen LogP contribution < -0.4 is 0 Å². The largest absolute Gasteiger partial charge is 0.392 e. The second-order valence-corrected chi connectivity index (χ2v) is 5.38. The fourth-order valence-corrected chi connectivity index (χ4v) is 2.72. The van der Waals surface area contributed by atoms with Crippen molar-refractivity contribution in [1.82, 2.24) is 19.9 Å². The highest BCUT2D eigenvalue weighted by atomic mass is 16.5. The number of aryl methyl sites for hydroxylation is 1. The van der Waals surface area contributed by atoms with E-state index in [0.717, 1.165) is 18.4 Å². The lowest BCUT2D eigenvalue weighted by Gasteiger charge is -2.34. The molecular formula is C16H20N4O3. The summed E-state index contributed by atoms with van der Waals surface area (Å²) in [6, 6.07) is 5.68. The molecule has 7 heteroatoms. The molecular weight excluding hydrogens is 296 g/mol. The number of nitrogens with zero attached hydrogens (tertiary/aromatic N) is 4. The van der Waals surface area contributed by atoms with Gasteiger partial charge in [0.2, 0.25) is 0 Å². The van der Waals surface area contributed by atoms with Crippen LogP contribution in [0.2, 0.25) is 0 Å². The van der Waals surface area contributed by atoms with Gasteiger partial charge in [-0.25, -0.2) is 0 Å². The maximum absolute atomic E-state index is 13.0. The molecule has 23 heavy (non-hydrogen) atoms. The number of aliphatic hydroxyl groups is 1. The first kappa shape index (κ1) is 15.6. The summed E-state index contributed by atoms with van der Waals surface area (Å²) in [7, 11) is 0. The van der Waals surface area contributed by atoms with Crippen molar-refractivity contribution in [3.05, 3.63) is 41.7 Å². The van der Waals surface area contributed by atoms with E-state index >= 15 is 0 Å². The van der Waals surface area contributed by atoms with Crippen molar-refractivity contribution in [3.8, 4) is 5.69 Å². The predicted molar refractivity (Wildman–Crippen MR) is 83.2 cm³/mol. The lowest BCUT2D eigenvalue weighted by atomic mass is 10.0. The Morgan fingerprint density at radius 2 is 2.17 bits per heavy atom. The Labute approximate surface area is 134 Å². The number of aliphatic hydroxyl groups excluding tert-OH is 1. The molecule has 122 valence electrons. The van der Waals surface area contributed by atoms with Gasteiger partial charge in [-0.05, 0) is 30.5 Å². The second kappa shape index (κ2) is 6.89. The number of amides is 1. The van der Waals surface area contributed by atoms with Crippen LogP contribution in [0.5, 0.6) is 0 Å². The van der Waals surface area contributed by atoms with Gasteiger partial charge in [-0.15, -0.1) is 0 Å². The van der Waals surface area contributed by atoms with Crippen LogP contribution in [0.1, 0.15) is 29.3 Å². The van der Waals surface area contributed by atoms with Crippen LogP contribution in [0.3, 0.4) is 0 Å². The third-order valence-electron chi connectivity index (χ3n) is 3.95. The fourth-order valence-electron chi connectivity index (χ4n) is 2.72. The van der Waals surface area contributed by atoms with Crippen molar-refractivity contribution >= 4 is 5.91 Å². The molecule has 3 rings (SSSR count). The van der Waals surface area contributed by atoms with Crippen molar-refractivity contribution in [2.75, 3.05) is 19.8 Å². The first-order chi connectivity index (χ1) is 11.2. The summed E-state index contributed by atoms with van der Waals surface area (Å²) in [6.45, 7) is 2.94. The number of ether oxygens (including phenoxy) is 1. The molecule has 7 nitrogen and oxygen atoms in total. The van der Waals surface area contributed by atoms with E-state index in [-0.39, 0.29) is 12.5 Å². The van der Waals surface area contributed by atoms with Crippen LogP contribution in [-0.4, -0.2) is 56.9 Å². The topological polar surface area (TPSA) is 80.5 Å². The summed E-state index contributed by atoms with van der Waals surface area (Å²) in [6.07, 6.45) is 4.13. The van der Waals surface area contributed by atoms with Crippen LogP contribution in [0.25, 0.3) is 5.69 Å². The number of rotatable bonds is 4. The summed E-state index contributed by atoms with van der Waals surface area (Å²) in [5, 5.41) is 17.7. The molecule has 0 saturated carbocycles. The van der Waals surface area contributed by atoms with E-state index in [0.29, 0.717) is 24.4 Å². The van der Waals surface area contributed by atoms with Gasteiger partial charge in [0.15, 0.2) is 6.23 Å². The molecule has 1 atom stereocenters. The number of benzene rings is 1. The monoisotopic (exact) mass is 316 g/mol. The molecule has 0 unspecified atom stereocenters. The van der Waals surface area contributed by atoms with Crippen molar-refractivity contribution in [1.29, 1.82) is 0 Å². The molecule has 1 aliphatic rings. The second-order valence-electron chi connectivity index (χ2n) is 5.38. The number of aromatic nitrogens is 3. The van der Waals surface area contributed by atoms with Crippen LogP contribution in [0.4, 0.5) is 0 Å². The maximum Gasteiger partial charge on any atom is 0.258 e. The standard InChI is InChI=1S/C16H20N4O3/c1-2-12-4-5-14(20-17-6-7-18-20)13(10-12)16(22)19-8-3-9-23-15(19)11-21/h4-7,10,15,21H,2-3,8-9,11H2,1H3/t15-/m0/s1. The summed E-state index contributed by atoms with van der Waals surface area (Å²) in [5.41, 5.74) is 2.20. The van der Waals surface area contributed by atoms with E-state index < -0.39 is 6.23 Å². The fraction of sp³-hybridized carbons (Fsp3) is 0.438. The summed E-state index contributed by atoms with van der Waals surface area (Å²) < 4.78 is 5.49. The highest BCUT2D eigenvalue weighted by Gasteiger charge is 2.29. The lowest BCUT2D eigenvalue weighted by molar-refractivity contribution is -0.0996. The minimum absolute atomic E-state index is 0.175. The Balaban J connectivity index is 2.01. The van der Waals surface area contributed by atoms with Crippen LogP contribution in [0, 0.1) is 0 Å². The first-order valence-corrected chi connectivity index (χ1v) is 7.77. The highest BCUT2D eigenvalue weighted by molar-refractivity contribution is 5.98. The van der Waals surface area contributed by atoms with Crippen molar-refractivity contribution in [2.24, 2.45) is 0 Å². The molecule has 0 radical (unpaired) electrons. The van der Waals surface area contributed by atoms with Gasteiger partial charge in [0.25, 0.3) is 5.91 Å². The lowest BCUT2D eigenvalue weighted by Crippen LogP contribution is -2.48. The van der Waals surface area contributed by atoms with E-state index in [9.17, 15) is 9.90 Å². The van der Waals surface area contributed by atoms with Gasteiger partial charge < -0.3 is 14.7 Å². The van der Waals surface area contributed by atoms with Crippen molar-refractivity contribution in [2.45, 2.75) is 26.0 Å². The molecule has 1 aromatic carbocycles. The molecule has 2 heterocycles. The van der Waals surface area contributed by atoms with Gasteiger partial charge in [0.1, 0.15) is 0 Å². The van der Waals surface area contributed by atoms with Crippen LogP contribution >= 0.6 is 0 Å². The minimum atomic E-state index is -0.597. The molecule has 0 aliphatic carbocycles. The maximum atomic E-state index is 13.0. The molecule has 1 aliphatic heterocycles. The Morgan fingerprint density at radius 1 is 1.39 bits per heavy atom. The zero-order valence-electron chi connectivity index (χ0n) is 13.1. The van der Waals surface area contributed by atoms with Crippen molar-refractivity contribution < 1.29 is 14.6 Å². The molecule has 1 fully saturated rings. The highest BCUT2D eigenvalue weighted by Crippen LogP contribution is 2.21. The molecule has 1 N–H and O–H groups in total. The summed E-state index contributed by atoms with van der Waals surface area (Å²) in [4.78, 5) is 16.0. The van der Waals surface area contributed by atoms with E-state index in [1.54, 1.807) is 17.3 Å². The average molecular weight is 316 g/mol. The number of carbonyl (C=O) groups is 1. The first-order valence-electron chi connectivity index (χ1n) is 7.77. The van der Waals surface area contributed by atoms with Gasteiger partial charge in [-0.2, -0.15) is 15.0 Å². The van der Waals surface area contributed by atoms with Crippen LogP contribution in [0.15, 0.2) is 30.6 Å². The zero-order chi connectivity index (χ0) is 16.2. The Kier molecular flexibility index (Phi) is 4.68. The SMILES string of the molecule is CCc1ccc(-n2nccn2)c(C(=O)N2CCCO[C@H]2CO)c1. The van der Waals surface area contributed by atoms with Gasteiger partial charge in [-0.3, -0.25) is 4.79 Å². The Bertz CT molecular complexity index is 672.